The van der Waals surface area contributed by atoms with Gasteiger partial charge in [0.25, 0.3) is 0 Å². The highest BCUT2D eigenvalue weighted by Crippen LogP contribution is 2.44. The van der Waals surface area contributed by atoms with E-state index in [4.69, 9.17) is 28.9 Å². The zero-order valence-electron chi connectivity index (χ0n) is 37.4. The van der Waals surface area contributed by atoms with Gasteiger partial charge in [0.15, 0.2) is 0 Å². The molecule has 3 aromatic carbocycles. The monoisotopic (exact) mass is 874 g/mol. The first-order valence-electron chi connectivity index (χ1n) is 22.7. The maximum atomic E-state index is 14.4. The number of nitrogens with one attached hydrogen (secondary N) is 4. The van der Waals surface area contributed by atoms with Crippen molar-refractivity contribution in [3.05, 3.63) is 65.9 Å². The van der Waals surface area contributed by atoms with Crippen LogP contribution in [0.4, 0.5) is 9.59 Å². The summed E-state index contributed by atoms with van der Waals surface area (Å²) in [5.74, 6) is 1.76. The number of hydrogen-bond donors (Lipinski definition) is 4. The molecule has 4 aliphatic heterocycles. The lowest BCUT2D eigenvalue weighted by atomic mass is 9.90. The number of nitrogens with zero attached hydrogens (tertiary/aromatic N) is 4. The molecule has 0 saturated carbocycles. The number of hydrogen-bond acceptors (Lipinski definition) is 10. The van der Waals surface area contributed by atoms with Gasteiger partial charge >= 0.3 is 12.2 Å². The number of ether oxygens (including phenoxy) is 4. The van der Waals surface area contributed by atoms with Gasteiger partial charge < -0.3 is 49.3 Å². The van der Waals surface area contributed by atoms with Crippen LogP contribution in [0.3, 0.4) is 0 Å². The molecule has 2 unspecified atom stereocenters. The van der Waals surface area contributed by atoms with Gasteiger partial charge in [-0.05, 0) is 110 Å². The topological polar surface area (TPSA) is 193 Å². The molecule has 5 aromatic rings. The molecule has 4 amide bonds. The van der Waals surface area contributed by atoms with Gasteiger partial charge in [-0.1, -0.05) is 39.0 Å². The van der Waals surface area contributed by atoms with Crippen LogP contribution in [-0.2, 0) is 30.4 Å². The summed E-state index contributed by atoms with van der Waals surface area (Å²) in [6, 6.07) is 12.7. The molecular weight excluding hydrogens is 817 g/mol. The van der Waals surface area contributed by atoms with Crippen molar-refractivity contribution in [2.75, 3.05) is 27.4 Å². The Morgan fingerprint density at radius 2 is 1.59 bits per heavy atom. The molecule has 338 valence electrons. The van der Waals surface area contributed by atoms with Crippen LogP contribution in [0.5, 0.6) is 5.75 Å². The molecule has 64 heavy (non-hydrogen) atoms. The van der Waals surface area contributed by atoms with Crippen LogP contribution < -0.4 is 15.4 Å². The zero-order valence-corrected chi connectivity index (χ0v) is 37.4. The summed E-state index contributed by atoms with van der Waals surface area (Å²) in [5.41, 5.74) is 6.60. The quantitative estimate of drug-likeness (QED) is 0.108. The number of methoxy groups -OCH3 is 2. The molecule has 4 N–H and O–H groups in total. The lowest BCUT2D eigenvalue weighted by Gasteiger charge is -2.36. The minimum absolute atomic E-state index is 0.0330. The van der Waals surface area contributed by atoms with Gasteiger partial charge in [0.2, 0.25) is 11.8 Å². The Balaban J connectivity index is 0.967. The number of amides is 4. The van der Waals surface area contributed by atoms with Crippen molar-refractivity contribution in [3.8, 4) is 28.1 Å². The SMILES string of the molecule is CC[C@H]1CC[C@@H](c2ncc(-c3ccc4c(c3)COc3cc5c(ccc6[nH]c([C@@H]7CC[C@H](C)N7C(=O)C(NC(=O)OC)C7CCOCC7)nc65)cc3-4)[nH]2)N1C(=O)C(NC(=O)OC)C(C)C. The molecule has 3 fully saturated rings. The minimum atomic E-state index is -0.722. The molecule has 0 bridgehead atoms. The zero-order chi connectivity index (χ0) is 44.8. The van der Waals surface area contributed by atoms with E-state index in [1.807, 2.05) is 35.9 Å². The van der Waals surface area contributed by atoms with Gasteiger partial charge in [-0.15, -0.1) is 0 Å². The average Bonchev–Trinajstić information content (AvgIpc) is 4.14. The first kappa shape index (κ1) is 43.1. The average molecular weight is 875 g/mol. The number of aromatic amines is 2. The summed E-state index contributed by atoms with van der Waals surface area (Å²) >= 11 is 0. The van der Waals surface area contributed by atoms with E-state index in [1.165, 1.54) is 14.2 Å². The third-order valence-electron chi connectivity index (χ3n) is 13.9. The van der Waals surface area contributed by atoms with E-state index in [9.17, 15) is 19.2 Å². The second-order valence-corrected chi connectivity index (χ2v) is 18.0. The molecule has 16 nitrogen and oxygen atoms in total. The molecule has 3 saturated heterocycles. The molecule has 0 spiro atoms. The highest BCUT2D eigenvalue weighted by molar-refractivity contribution is 6.07. The first-order chi connectivity index (χ1) is 31.0. The first-order valence-corrected chi connectivity index (χ1v) is 22.7. The van der Waals surface area contributed by atoms with Crippen molar-refractivity contribution < 1.29 is 38.1 Å². The van der Waals surface area contributed by atoms with E-state index in [1.54, 1.807) is 0 Å². The third-order valence-corrected chi connectivity index (χ3v) is 13.9. The Kier molecular flexibility index (Phi) is 12.0. The normalized spacial score (nSPS) is 21.9. The smallest absolute Gasteiger partial charge is 0.407 e. The summed E-state index contributed by atoms with van der Waals surface area (Å²) in [6.45, 7) is 9.44. The van der Waals surface area contributed by atoms with Gasteiger partial charge in [0, 0.05) is 36.2 Å². The van der Waals surface area contributed by atoms with E-state index in [0.717, 1.165) is 99.3 Å². The van der Waals surface area contributed by atoms with Crippen LogP contribution in [-0.4, -0.2) is 105 Å². The van der Waals surface area contributed by atoms with Crippen molar-refractivity contribution in [2.45, 2.75) is 115 Å². The predicted molar refractivity (Wildman–Crippen MR) is 239 cm³/mol. The molecule has 0 radical (unpaired) electrons. The second kappa shape index (κ2) is 17.8. The molecule has 6 heterocycles. The Morgan fingerprint density at radius 3 is 2.34 bits per heavy atom. The van der Waals surface area contributed by atoms with Crippen molar-refractivity contribution in [1.29, 1.82) is 0 Å². The van der Waals surface area contributed by atoms with Crippen molar-refractivity contribution in [3.63, 3.8) is 0 Å². The summed E-state index contributed by atoms with van der Waals surface area (Å²) in [5, 5.41) is 7.57. The van der Waals surface area contributed by atoms with Crippen LogP contribution in [0.15, 0.2) is 48.7 Å². The Hall–Kier alpha value is -6.16. The van der Waals surface area contributed by atoms with E-state index < -0.39 is 24.3 Å². The fourth-order valence-corrected chi connectivity index (χ4v) is 10.4. The number of alkyl carbamates (subject to hydrolysis) is 2. The molecular formula is C48H58N8O8. The number of carbonyl (C=O) groups excluding carboxylic acids is 4. The summed E-state index contributed by atoms with van der Waals surface area (Å²) in [7, 11) is 2.61. The van der Waals surface area contributed by atoms with Crippen LogP contribution in [0.1, 0.15) is 102 Å². The van der Waals surface area contributed by atoms with Crippen molar-refractivity contribution >= 4 is 45.8 Å². The Labute approximate surface area is 372 Å². The molecule has 6 atom stereocenters. The molecule has 9 rings (SSSR count). The van der Waals surface area contributed by atoms with Gasteiger partial charge in [0.05, 0.1) is 49.2 Å². The highest BCUT2D eigenvalue weighted by atomic mass is 16.5. The molecule has 4 aliphatic rings. The van der Waals surface area contributed by atoms with Crippen LogP contribution >= 0.6 is 0 Å². The number of H-pyrrole nitrogens is 2. The van der Waals surface area contributed by atoms with Gasteiger partial charge in [-0.25, -0.2) is 19.6 Å². The fraction of sp³-hybridized carbons (Fsp3) is 0.500. The van der Waals surface area contributed by atoms with Gasteiger partial charge in [-0.2, -0.15) is 0 Å². The number of fused-ring (bicyclic) bond motifs is 6. The van der Waals surface area contributed by atoms with Crippen LogP contribution in [0, 0.1) is 11.8 Å². The van der Waals surface area contributed by atoms with E-state index in [-0.39, 0.29) is 47.8 Å². The van der Waals surface area contributed by atoms with Gasteiger partial charge in [0.1, 0.15) is 36.1 Å². The number of imidazole rings is 2. The van der Waals surface area contributed by atoms with Crippen molar-refractivity contribution in [2.24, 2.45) is 11.8 Å². The van der Waals surface area contributed by atoms with E-state index in [0.29, 0.717) is 32.7 Å². The maximum Gasteiger partial charge on any atom is 0.407 e. The number of benzene rings is 3. The lowest BCUT2D eigenvalue weighted by Crippen LogP contribution is -2.54. The van der Waals surface area contributed by atoms with Crippen LogP contribution in [0.25, 0.3) is 44.2 Å². The fourth-order valence-electron chi connectivity index (χ4n) is 10.4. The molecule has 0 aliphatic carbocycles. The highest BCUT2D eigenvalue weighted by Gasteiger charge is 2.44. The second-order valence-electron chi connectivity index (χ2n) is 18.0. The lowest BCUT2D eigenvalue weighted by molar-refractivity contribution is -0.139. The number of rotatable bonds is 10. The van der Waals surface area contributed by atoms with E-state index in [2.05, 4.69) is 70.8 Å². The van der Waals surface area contributed by atoms with Crippen molar-refractivity contribution in [1.82, 2.24) is 40.4 Å². The standard InChI is InChI=1S/C48H58N8O8/c1-7-31-11-15-37(56(31)45(57)40(25(2)3)53-47(59)61-5)43-49-23-36(51-43)29-9-12-32-30(20-29)24-64-39-22-33-28(21-34(32)39)10-13-35-42(33)52-44(50-35)38-14-8-26(4)55(38)46(58)41(54-48(60)62-6)27-16-18-63-19-17-27/h9-10,12-13,20-23,25-27,31,37-38,40-41H,7-8,11,14-19,24H2,1-6H3,(H,49,51)(H,50,52)(H,53,59)(H,54,60)/t26-,31-,37-,38-,40?,41?/m0/s1. The molecule has 16 heteroatoms. The summed E-state index contributed by atoms with van der Waals surface area (Å²) < 4.78 is 21.8. The van der Waals surface area contributed by atoms with Gasteiger partial charge in [-0.3, -0.25) is 9.59 Å². The summed E-state index contributed by atoms with van der Waals surface area (Å²) in [4.78, 5) is 73.9. The largest absolute Gasteiger partial charge is 0.488 e. The maximum absolute atomic E-state index is 14.4. The third kappa shape index (κ3) is 7.90. The number of aromatic nitrogens is 4. The minimum Gasteiger partial charge on any atom is -0.488 e. The molecule has 2 aromatic heterocycles. The van der Waals surface area contributed by atoms with Crippen LogP contribution in [0.2, 0.25) is 0 Å². The van der Waals surface area contributed by atoms with E-state index >= 15 is 0 Å². The Bertz CT molecular complexity index is 2580. The predicted octanol–water partition coefficient (Wildman–Crippen LogP) is 7.69. The number of likely N-dealkylation sites (tertiary alicyclic amines) is 2. The Morgan fingerprint density at radius 1 is 0.844 bits per heavy atom. The summed E-state index contributed by atoms with van der Waals surface area (Å²) in [6.07, 6.45) is 5.89. The number of carbonyl (C=O) groups is 4.